The molecule has 1 aromatic heterocycles. The number of H-pyrrole nitrogens is 1. The number of nitrogens with zero attached hydrogens (tertiary/aromatic N) is 2. The van der Waals surface area contributed by atoms with Crippen LogP contribution < -0.4 is 10.6 Å². The normalized spacial score (nSPS) is 12.3. The molecule has 1 heterocycles. The van der Waals surface area contributed by atoms with E-state index in [-0.39, 0.29) is 6.54 Å². The molecule has 0 saturated carbocycles. The average molecular weight is 325 g/mol. The minimum Gasteiger partial charge on any atom is -0.357 e. The molecule has 1 aromatic carbocycles. The number of aromatic amines is 1. The maximum absolute atomic E-state index is 12.7. The Morgan fingerprint density at radius 3 is 2.74 bits per heavy atom. The maximum atomic E-state index is 12.7. The molecule has 3 N–H and O–H groups in total. The van der Waals surface area contributed by atoms with Crippen LogP contribution in [0.25, 0.3) is 0 Å². The first-order valence-corrected chi connectivity index (χ1v) is 7.15. The minimum absolute atomic E-state index is 0.155. The van der Waals surface area contributed by atoms with E-state index in [0.717, 1.165) is 17.8 Å². The number of hydrogen-bond donors (Lipinski definition) is 3. The van der Waals surface area contributed by atoms with Crippen LogP contribution in [0.2, 0.25) is 0 Å². The summed E-state index contributed by atoms with van der Waals surface area (Å²) in [6.07, 6.45) is -2.70. The summed E-state index contributed by atoms with van der Waals surface area (Å²) in [4.78, 5) is 4.30. The highest BCUT2D eigenvalue weighted by Crippen LogP contribution is 2.29. The summed E-state index contributed by atoms with van der Waals surface area (Å²) in [7, 11) is 0. The summed E-state index contributed by atoms with van der Waals surface area (Å²) in [6.45, 7) is 3.21. The lowest BCUT2D eigenvalue weighted by atomic mass is 10.1. The van der Waals surface area contributed by atoms with Crippen molar-refractivity contribution < 1.29 is 13.2 Å². The molecular formula is C15H18F3N5. The van der Waals surface area contributed by atoms with Crippen LogP contribution >= 0.6 is 0 Å². The predicted molar refractivity (Wildman–Crippen MR) is 81.7 cm³/mol. The molecular weight excluding hydrogens is 307 g/mol. The van der Waals surface area contributed by atoms with Gasteiger partial charge in [0.05, 0.1) is 24.3 Å². The molecule has 2 rings (SSSR count). The Kier molecular flexibility index (Phi) is 5.61. The lowest BCUT2D eigenvalue weighted by Crippen LogP contribution is -2.36. The van der Waals surface area contributed by atoms with E-state index in [1.807, 2.05) is 13.0 Å². The van der Waals surface area contributed by atoms with E-state index in [1.165, 1.54) is 6.07 Å². The average Bonchev–Trinajstić information content (AvgIpc) is 3.03. The van der Waals surface area contributed by atoms with E-state index in [9.17, 15) is 13.2 Å². The van der Waals surface area contributed by atoms with Crippen molar-refractivity contribution >= 4 is 5.96 Å². The third-order valence-corrected chi connectivity index (χ3v) is 3.02. The van der Waals surface area contributed by atoms with E-state index in [4.69, 9.17) is 0 Å². The SMILES string of the molecule is CCNC(=NCc1cccc(C(F)(F)F)c1)NCc1ccn[nH]1. The molecule has 0 spiro atoms. The fraction of sp³-hybridized carbons (Fsp3) is 0.333. The van der Waals surface area contributed by atoms with E-state index in [2.05, 4.69) is 25.8 Å². The molecule has 0 aliphatic rings. The summed E-state index contributed by atoms with van der Waals surface area (Å²) in [5, 5.41) is 12.8. The van der Waals surface area contributed by atoms with Gasteiger partial charge in [0.15, 0.2) is 5.96 Å². The minimum atomic E-state index is -4.34. The quantitative estimate of drug-likeness (QED) is 0.585. The molecule has 0 fully saturated rings. The molecule has 0 saturated heterocycles. The van der Waals surface area contributed by atoms with Crippen LogP contribution in [0.3, 0.4) is 0 Å². The van der Waals surface area contributed by atoms with Gasteiger partial charge in [0, 0.05) is 12.7 Å². The standard InChI is InChI=1S/C15H18F3N5/c1-2-19-14(21-10-13-6-7-22-23-13)20-9-11-4-3-5-12(8-11)15(16,17)18/h3-8H,2,9-10H2,1H3,(H,22,23)(H2,19,20,21). The molecule has 124 valence electrons. The van der Waals surface area contributed by atoms with Gasteiger partial charge >= 0.3 is 6.18 Å². The summed E-state index contributed by atoms with van der Waals surface area (Å²) in [5.41, 5.74) is 0.717. The van der Waals surface area contributed by atoms with Gasteiger partial charge < -0.3 is 10.6 Å². The van der Waals surface area contributed by atoms with Crippen LogP contribution in [0.5, 0.6) is 0 Å². The number of nitrogens with one attached hydrogen (secondary N) is 3. The van der Waals surface area contributed by atoms with Crippen molar-refractivity contribution in [3.8, 4) is 0 Å². The number of guanidine groups is 1. The van der Waals surface area contributed by atoms with Gasteiger partial charge in [-0.05, 0) is 30.7 Å². The largest absolute Gasteiger partial charge is 0.416 e. The Bertz CT molecular complexity index is 635. The molecule has 5 nitrogen and oxygen atoms in total. The van der Waals surface area contributed by atoms with E-state index in [1.54, 1.807) is 12.3 Å². The van der Waals surface area contributed by atoms with Crippen molar-refractivity contribution in [3.63, 3.8) is 0 Å². The Hall–Kier alpha value is -2.51. The first-order valence-electron chi connectivity index (χ1n) is 7.15. The predicted octanol–water partition coefficient (Wildman–Crippen LogP) is 2.68. The number of aliphatic imine (C=N–C) groups is 1. The van der Waals surface area contributed by atoms with Crippen LogP contribution in [0.1, 0.15) is 23.7 Å². The van der Waals surface area contributed by atoms with Gasteiger partial charge in [-0.1, -0.05) is 12.1 Å². The number of alkyl halides is 3. The van der Waals surface area contributed by atoms with Gasteiger partial charge in [0.2, 0.25) is 0 Å². The van der Waals surface area contributed by atoms with Crippen LogP contribution in [-0.4, -0.2) is 22.7 Å². The van der Waals surface area contributed by atoms with Crippen LogP contribution in [0, 0.1) is 0 Å². The molecule has 0 unspecified atom stereocenters. The van der Waals surface area contributed by atoms with E-state index in [0.29, 0.717) is 24.6 Å². The lowest BCUT2D eigenvalue weighted by molar-refractivity contribution is -0.137. The second kappa shape index (κ2) is 7.66. The summed E-state index contributed by atoms with van der Waals surface area (Å²) >= 11 is 0. The fourth-order valence-corrected chi connectivity index (χ4v) is 1.92. The van der Waals surface area contributed by atoms with Crippen molar-refractivity contribution in [1.29, 1.82) is 0 Å². The number of halogens is 3. The second-order valence-electron chi connectivity index (χ2n) is 4.83. The molecule has 0 aliphatic heterocycles. The van der Waals surface area contributed by atoms with Crippen molar-refractivity contribution in [2.45, 2.75) is 26.2 Å². The molecule has 0 aliphatic carbocycles. The zero-order valence-corrected chi connectivity index (χ0v) is 12.6. The van der Waals surface area contributed by atoms with E-state index < -0.39 is 11.7 Å². The Balaban J connectivity index is 2.02. The summed E-state index contributed by atoms with van der Waals surface area (Å²) < 4.78 is 38.1. The van der Waals surface area contributed by atoms with E-state index >= 15 is 0 Å². The van der Waals surface area contributed by atoms with Gasteiger partial charge in [0.25, 0.3) is 0 Å². The van der Waals surface area contributed by atoms with Gasteiger partial charge in [-0.3, -0.25) is 5.10 Å². The first kappa shape index (κ1) is 16.9. The molecule has 0 radical (unpaired) electrons. The highest BCUT2D eigenvalue weighted by Gasteiger charge is 2.30. The molecule has 0 amide bonds. The van der Waals surface area contributed by atoms with Crippen LogP contribution in [0.4, 0.5) is 13.2 Å². The van der Waals surface area contributed by atoms with Gasteiger partial charge in [0.1, 0.15) is 0 Å². The number of benzene rings is 1. The van der Waals surface area contributed by atoms with Gasteiger partial charge in [-0.15, -0.1) is 0 Å². The van der Waals surface area contributed by atoms with Gasteiger partial charge in [-0.25, -0.2) is 4.99 Å². The highest BCUT2D eigenvalue weighted by atomic mass is 19.4. The Morgan fingerprint density at radius 1 is 1.26 bits per heavy atom. The van der Waals surface area contributed by atoms with Gasteiger partial charge in [-0.2, -0.15) is 18.3 Å². The molecule has 0 bridgehead atoms. The second-order valence-corrected chi connectivity index (χ2v) is 4.83. The third kappa shape index (κ3) is 5.32. The molecule has 0 atom stereocenters. The zero-order chi connectivity index (χ0) is 16.7. The first-order chi connectivity index (χ1) is 11.0. The highest BCUT2D eigenvalue weighted by molar-refractivity contribution is 5.79. The third-order valence-electron chi connectivity index (χ3n) is 3.02. The van der Waals surface area contributed by atoms with Crippen molar-refractivity contribution in [3.05, 3.63) is 53.3 Å². The molecule has 23 heavy (non-hydrogen) atoms. The smallest absolute Gasteiger partial charge is 0.357 e. The van der Waals surface area contributed by atoms with Crippen molar-refractivity contribution in [1.82, 2.24) is 20.8 Å². The monoisotopic (exact) mass is 325 g/mol. The summed E-state index contributed by atoms with van der Waals surface area (Å²) in [6, 6.07) is 7.00. The Labute approximate surface area is 132 Å². The maximum Gasteiger partial charge on any atom is 0.416 e. The van der Waals surface area contributed by atoms with Crippen molar-refractivity contribution in [2.24, 2.45) is 4.99 Å². The number of rotatable bonds is 5. The number of aromatic nitrogens is 2. The number of hydrogen-bond acceptors (Lipinski definition) is 2. The fourth-order valence-electron chi connectivity index (χ4n) is 1.92. The van der Waals surface area contributed by atoms with Crippen molar-refractivity contribution in [2.75, 3.05) is 6.54 Å². The van der Waals surface area contributed by atoms with Crippen LogP contribution in [-0.2, 0) is 19.3 Å². The topological polar surface area (TPSA) is 65.1 Å². The summed E-state index contributed by atoms with van der Waals surface area (Å²) in [5.74, 6) is 0.527. The Morgan fingerprint density at radius 2 is 2.09 bits per heavy atom. The van der Waals surface area contributed by atoms with Crippen LogP contribution in [0.15, 0.2) is 41.5 Å². The molecule has 2 aromatic rings. The zero-order valence-electron chi connectivity index (χ0n) is 12.6. The molecule has 8 heteroatoms. The lowest BCUT2D eigenvalue weighted by Gasteiger charge is -2.11.